The second kappa shape index (κ2) is 10.4. The summed E-state index contributed by atoms with van der Waals surface area (Å²) in [7, 11) is 1.88. The molecule has 2 heterocycles. The molecule has 3 aromatic rings. The molecule has 1 aliphatic carbocycles. The predicted octanol–water partition coefficient (Wildman–Crippen LogP) is 4.89. The largest absolute Gasteiger partial charge is 0.482 e. The summed E-state index contributed by atoms with van der Waals surface area (Å²) in [4.78, 5) is 12.4. The summed E-state index contributed by atoms with van der Waals surface area (Å²) in [6.07, 6.45) is 5.86. The number of ether oxygens (including phenoxy) is 1. The van der Waals surface area contributed by atoms with Crippen LogP contribution in [0.5, 0.6) is 5.75 Å². The second-order valence-electron chi connectivity index (χ2n) is 8.04. The minimum atomic E-state index is -0.267. The van der Waals surface area contributed by atoms with Gasteiger partial charge in [-0.05, 0) is 38.3 Å². The summed E-state index contributed by atoms with van der Waals surface area (Å²) < 4.78 is 7.92. The average molecular weight is 473 g/mol. The number of nitrogens with zero attached hydrogens (tertiary/aromatic N) is 5. The van der Waals surface area contributed by atoms with Crippen LogP contribution in [0.25, 0.3) is 0 Å². The van der Waals surface area contributed by atoms with Crippen LogP contribution in [0.4, 0.5) is 5.13 Å². The molecule has 0 aliphatic heterocycles. The van der Waals surface area contributed by atoms with Gasteiger partial charge in [-0.2, -0.15) is 0 Å². The Bertz CT molecular complexity index is 1060. The molecule has 1 aliphatic rings. The molecule has 32 heavy (non-hydrogen) atoms. The minimum Gasteiger partial charge on any atom is -0.482 e. The molecule has 10 heteroatoms. The first kappa shape index (κ1) is 22.7. The molecule has 0 spiro atoms. The molecular formula is C22H28N6O2S2. The van der Waals surface area contributed by atoms with E-state index in [1.165, 1.54) is 55.2 Å². The third-order valence-electron chi connectivity index (χ3n) is 5.60. The SMILES string of the molecule is Cc1ccccc1OC(C)c1nnc(SCC(=O)Nc2nnc(C3CCCCC3)s2)n1C. The number of aryl methyl sites for hydroxylation is 1. The Morgan fingerprint density at radius 3 is 2.78 bits per heavy atom. The summed E-state index contributed by atoms with van der Waals surface area (Å²) in [5.74, 6) is 2.10. The van der Waals surface area contributed by atoms with Crippen LogP contribution >= 0.6 is 23.1 Å². The first-order valence-corrected chi connectivity index (χ1v) is 12.7. The Morgan fingerprint density at radius 1 is 1.22 bits per heavy atom. The van der Waals surface area contributed by atoms with E-state index >= 15 is 0 Å². The Hall–Kier alpha value is -2.46. The number of rotatable bonds is 8. The molecule has 4 rings (SSSR count). The first-order valence-electron chi connectivity index (χ1n) is 10.9. The van der Waals surface area contributed by atoms with Gasteiger partial charge in [0.25, 0.3) is 0 Å². The molecule has 1 N–H and O–H groups in total. The number of aromatic nitrogens is 5. The fraction of sp³-hybridized carbons (Fsp3) is 0.500. The Labute approximate surface area is 196 Å². The molecule has 1 unspecified atom stereocenters. The number of hydrogen-bond acceptors (Lipinski definition) is 8. The number of thioether (sulfide) groups is 1. The van der Waals surface area contributed by atoms with Crippen LogP contribution in [0.2, 0.25) is 0 Å². The molecule has 1 amide bonds. The van der Waals surface area contributed by atoms with Crippen molar-refractivity contribution in [3.05, 3.63) is 40.7 Å². The lowest BCUT2D eigenvalue weighted by Crippen LogP contribution is -2.14. The third kappa shape index (κ3) is 5.47. The van der Waals surface area contributed by atoms with Gasteiger partial charge in [-0.1, -0.05) is 60.6 Å². The predicted molar refractivity (Wildman–Crippen MR) is 126 cm³/mol. The van der Waals surface area contributed by atoms with Crippen molar-refractivity contribution in [2.45, 2.75) is 63.1 Å². The minimum absolute atomic E-state index is 0.130. The molecule has 8 nitrogen and oxygen atoms in total. The van der Waals surface area contributed by atoms with E-state index in [4.69, 9.17) is 4.74 Å². The molecule has 0 bridgehead atoms. The number of para-hydroxylation sites is 1. The van der Waals surface area contributed by atoms with E-state index in [-0.39, 0.29) is 17.8 Å². The van der Waals surface area contributed by atoms with Gasteiger partial charge in [0.05, 0.1) is 5.75 Å². The van der Waals surface area contributed by atoms with Crippen LogP contribution < -0.4 is 10.1 Å². The van der Waals surface area contributed by atoms with Crippen LogP contribution in [0.1, 0.15) is 67.4 Å². The van der Waals surface area contributed by atoms with E-state index in [1.54, 1.807) is 0 Å². The maximum Gasteiger partial charge on any atom is 0.236 e. The third-order valence-corrected chi connectivity index (χ3v) is 7.62. The first-order chi connectivity index (χ1) is 15.5. The Morgan fingerprint density at radius 2 is 2.00 bits per heavy atom. The lowest BCUT2D eigenvalue weighted by Gasteiger charge is -2.18. The van der Waals surface area contributed by atoms with Crippen molar-refractivity contribution in [2.24, 2.45) is 7.05 Å². The molecule has 170 valence electrons. The van der Waals surface area contributed by atoms with E-state index in [1.807, 2.05) is 49.7 Å². The molecule has 1 atom stereocenters. The van der Waals surface area contributed by atoms with Crippen LogP contribution in [-0.2, 0) is 11.8 Å². The topological polar surface area (TPSA) is 94.8 Å². The summed E-state index contributed by atoms with van der Waals surface area (Å²) in [5, 5.41) is 22.1. The Balaban J connectivity index is 1.30. The Kier molecular flexibility index (Phi) is 7.41. The lowest BCUT2D eigenvalue weighted by atomic mass is 9.90. The van der Waals surface area contributed by atoms with Crippen LogP contribution in [0, 0.1) is 6.92 Å². The van der Waals surface area contributed by atoms with E-state index < -0.39 is 0 Å². The molecular weight excluding hydrogens is 444 g/mol. The van der Waals surface area contributed by atoms with Crippen LogP contribution in [-0.4, -0.2) is 36.6 Å². The van der Waals surface area contributed by atoms with Crippen molar-refractivity contribution in [2.75, 3.05) is 11.1 Å². The van der Waals surface area contributed by atoms with E-state index in [9.17, 15) is 4.79 Å². The van der Waals surface area contributed by atoms with Gasteiger partial charge in [0, 0.05) is 13.0 Å². The maximum atomic E-state index is 12.4. The quantitative estimate of drug-likeness (QED) is 0.466. The van der Waals surface area contributed by atoms with E-state index in [0.717, 1.165) is 16.3 Å². The number of carbonyl (C=O) groups is 1. The number of amides is 1. The molecule has 1 saturated carbocycles. The summed E-state index contributed by atoms with van der Waals surface area (Å²) in [6, 6.07) is 7.87. The molecule has 1 fully saturated rings. The van der Waals surface area contributed by atoms with Crippen molar-refractivity contribution in [3.63, 3.8) is 0 Å². The number of hydrogen-bond donors (Lipinski definition) is 1. The fourth-order valence-electron chi connectivity index (χ4n) is 3.82. The summed E-state index contributed by atoms with van der Waals surface area (Å²) >= 11 is 2.82. The fourth-order valence-corrected chi connectivity index (χ4v) is 5.47. The maximum absolute atomic E-state index is 12.4. The van der Waals surface area contributed by atoms with Crippen LogP contribution in [0.15, 0.2) is 29.4 Å². The molecule has 2 aromatic heterocycles. The normalized spacial score (nSPS) is 15.5. The van der Waals surface area contributed by atoms with Crippen molar-refractivity contribution in [1.29, 1.82) is 0 Å². The summed E-state index contributed by atoms with van der Waals surface area (Å²) in [6.45, 7) is 3.95. The van der Waals surface area contributed by atoms with Gasteiger partial charge in [0.15, 0.2) is 17.1 Å². The average Bonchev–Trinajstić information content (AvgIpc) is 3.41. The second-order valence-corrected chi connectivity index (χ2v) is 9.99. The van der Waals surface area contributed by atoms with Gasteiger partial charge >= 0.3 is 0 Å². The number of carbonyl (C=O) groups excluding carboxylic acids is 1. The standard InChI is InChI=1S/C22H28N6O2S2/c1-14-9-7-8-12-17(14)30-15(2)19-24-27-22(28(19)3)31-13-18(29)23-21-26-25-20(32-21)16-10-5-4-6-11-16/h7-9,12,15-16H,4-6,10-11,13H2,1-3H3,(H,23,26,29). The van der Waals surface area contributed by atoms with Crippen LogP contribution in [0.3, 0.4) is 0 Å². The highest BCUT2D eigenvalue weighted by molar-refractivity contribution is 7.99. The highest BCUT2D eigenvalue weighted by Crippen LogP contribution is 2.35. The monoisotopic (exact) mass is 472 g/mol. The van der Waals surface area contributed by atoms with Crippen molar-refractivity contribution in [1.82, 2.24) is 25.0 Å². The smallest absolute Gasteiger partial charge is 0.236 e. The highest BCUT2D eigenvalue weighted by atomic mass is 32.2. The van der Waals surface area contributed by atoms with Gasteiger partial charge in [0.1, 0.15) is 10.8 Å². The zero-order chi connectivity index (χ0) is 22.5. The molecule has 0 radical (unpaired) electrons. The molecule has 0 saturated heterocycles. The van der Waals surface area contributed by atoms with Gasteiger partial charge in [-0.15, -0.1) is 20.4 Å². The number of anilines is 1. The number of benzene rings is 1. The van der Waals surface area contributed by atoms with Crippen molar-refractivity contribution >= 4 is 34.1 Å². The van der Waals surface area contributed by atoms with E-state index in [0.29, 0.717) is 22.0 Å². The van der Waals surface area contributed by atoms with Crippen molar-refractivity contribution < 1.29 is 9.53 Å². The zero-order valence-corrected chi connectivity index (χ0v) is 20.2. The zero-order valence-electron chi connectivity index (χ0n) is 18.6. The lowest BCUT2D eigenvalue weighted by molar-refractivity contribution is -0.113. The van der Waals surface area contributed by atoms with Gasteiger partial charge in [0.2, 0.25) is 11.0 Å². The summed E-state index contributed by atoms with van der Waals surface area (Å²) in [5.41, 5.74) is 1.07. The molecule has 1 aromatic carbocycles. The van der Waals surface area contributed by atoms with Gasteiger partial charge in [-0.25, -0.2) is 0 Å². The van der Waals surface area contributed by atoms with E-state index in [2.05, 4.69) is 25.7 Å². The highest BCUT2D eigenvalue weighted by Gasteiger charge is 2.21. The van der Waals surface area contributed by atoms with Crippen molar-refractivity contribution in [3.8, 4) is 5.75 Å². The van der Waals surface area contributed by atoms with Gasteiger partial charge in [-0.3, -0.25) is 10.1 Å². The number of nitrogens with one attached hydrogen (secondary N) is 1. The van der Waals surface area contributed by atoms with Gasteiger partial charge < -0.3 is 9.30 Å².